The van der Waals surface area contributed by atoms with E-state index in [2.05, 4.69) is 11.1 Å². The lowest BCUT2D eigenvalue weighted by Gasteiger charge is -2.18. The maximum Gasteiger partial charge on any atom is 0.255 e. The summed E-state index contributed by atoms with van der Waals surface area (Å²) in [5.41, 5.74) is 4.23. The number of nitrogens with zero attached hydrogens (tertiary/aromatic N) is 1. The molecule has 0 bridgehead atoms. The summed E-state index contributed by atoms with van der Waals surface area (Å²) in [5.74, 6) is -0.248. The van der Waals surface area contributed by atoms with E-state index in [4.69, 9.17) is 4.74 Å². The lowest BCUT2D eigenvalue weighted by atomic mass is 9.95. The Bertz CT molecular complexity index is 980. The highest BCUT2D eigenvalue weighted by atomic mass is 19.1. The Morgan fingerprint density at radius 1 is 1.15 bits per heavy atom. The molecule has 140 valence electrons. The van der Waals surface area contributed by atoms with E-state index in [1.165, 1.54) is 30.2 Å². The second-order valence-corrected chi connectivity index (χ2v) is 7.02. The highest BCUT2D eigenvalue weighted by molar-refractivity contribution is 6.06. The van der Waals surface area contributed by atoms with Crippen LogP contribution in [0.15, 0.2) is 42.5 Å². The molecule has 0 spiro atoms. The number of para-hydroxylation sites is 2. The van der Waals surface area contributed by atoms with Crippen LogP contribution < -0.4 is 4.74 Å². The molecule has 0 saturated carbocycles. The van der Waals surface area contributed by atoms with Crippen LogP contribution in [0.5, 0.6) is 5.75 Å². The molecule has 0 atom stereocenters. The number of H-pyrrole nitrogens is 1. The van der Waals surface area contributed by atoms with Crippen LogP contribution in [0.4, 0.5) is 4.39 Å². The van der Waals surface area contributed by atoms with Crippen LogP contribution in [0.3, 0.4) is 0 Å². The zero-order valence-corrected chi connectivity index (χ0v) is 15.4. The van der Waals surface area contributed by atoms with Gasteiger partial charge in [-0.15, -0.1) is 0 Å². The third kappa shape index (κ3) is 3.42. The lowest BCUT2D eigenvalue weighted by Crippen LogP contribution is -2.31. The Kier molecular flexibility index (Phi) is 4.84. The van der Waals surface area contributed by atoms with E-state index in [-0.39, 0.29) is 18.3 Å². The minimum absolute atomic E-state index is 0.0590. The van der Waals surface area contributed by atoms with E-state index in [1.54, 1.807) is 30.1 Å². The first-order valence-electron chi connectivity index (χ1n) is 9.40. The Labute approximate surface area is 157 Å². The van der Waals surface area contributed by atoms with Crippen molar-refractivity contribution >= 4 is 16.8 Å². The number of carbonyl (C=O) groups excluding carboxylic acids is 1. The van der Waals surface area contributed by atoms with E-state index in [1.807, 2.05) is 12.1 Å². The summed E-state index contributed by atoms with van der Waals surface area (Å²) >= 11 is 0. The number of fused-ring (bicyclic) bond motifs is 3. The molecular weight excluding hydrogens is 343 g/mol. The number of rotatable bonds is 5. The number of likely N-dealkylation sites (N-methyl/N-ethyl adjacent to an activating group) is 1. The van der Waals surface area contributed by atoms with Gasteiger partial charge in [-0.2, -0.15) is 0 Å². The van der Waals surface area contributed by atoms with Crippen LogP contribution in [0.1, 0.15) is 34.5 Å². The van der Waals surface area contributed by atoms with Gasteiger partial charge in [-0.25, -0.2) is 4.39 Å². The number of hydrogen-bond donors (Lipinski definition) is 1. The Hall–Kier alpha value is -2.82. The molecule has 0 radical (unpaired) electrons. The summed E-state index contributed by atoms with van der Waals surface area (Å²) in [6, 6.07) is 12.2. The normalized spacial score (nSPS) is 13.4. The average Bonchev–Trinajstić information content (AvgIpc) is 3.07. The number of benzene rings is 2. The molecule has 1 aromatic heterocycles. The van der Waals surface area contributed by atoms with Crippen molar-refractivity contribution in [3.8, 4) is 5.75 Å². The van der Waals surface area contributed by atoms with Crippen LogP contribution >= 0.6 is 0 Å². The van der Waals surface area contributed by atoms with Crippen molar-refractivity contribution in [3.05, 3.63) is 65.1 Å². The van der Waals surface area contributed by atoms with Gasteiger partial charge in [0, 0.05) is 18.1 Å². The quantitative estimate of drug-likeness (QED) is 0.730. The number of aryl methyl sites for hydroxylation is 2. The summed E-state index contributed by atoms with van der Waals surface area (Å²) < 4.78 is 19.1. The third-order valence-electron chi connectivity index (χ3n) is 5.23. The van der Waals surface area contributed by atoms with Crippen molar-refractivity contribution in [2.45, 2.75) is 25.7 Å². The van der Waals surface area contributed by atoms with Crippen LogP contribution in [-0.4, -0.2) is 36.0 Å². The topological polar surface area (TPSA) is 45.3 Å². The van der Waals surface area contributed by atoms with Crippen LogP contribution in [0, 0.1) is 5.82 Å². The van der Waals surface area contributed by atoms with Crippen molar-refractivity contribution < 1.29 is 13.9 Å². The van der Waals surface area contributed by atoms with E-state index < -0.39 is 5.82 Å². The molecular formula is C22H23FN2O2. The van der Waals surface area contributed by atoms with Gasteiger partial charge in [-0.05, 0) is 49.4 Å². The molecule has 1 aliphatic carbocycles. The van der Waals surface area contributed by atoms with E-state index in [0.29, 0.717) is 12.1 Å². The fourth-order valence-corrected chi connectivity index (χ4v) is 3.77. The fourth-order valence-electron chi connectivity index (χ4n) is 3.77. The molecule has 1 amide bonds. The third-order valence-corrected chi connectivity index (χ3v) is 5.23. The van der Waals surface area contributed by atoms with E-state index >= 15 is 0 Å². The Balaban J connectivity index is 1.49. The molecule has 0 aliphatic heterocycles. The number of halogens is 1. The summed E-state index contributed by atoms with van der Waals surface area (Å²) in [6.07, 6.45) is 4.51. The molecule has 0 fully saturated rings. The number of hydrogen-bond acceptors (Lipinski definition) is 2. The van der Waals surface area contributed by atoms with E-state index in [9.17, 15) is 9.18 Å². The highest BCUT2D eigenvalue weighted by Crippen LogP contribution is 2.31. The smallest absolute Gasteiger partial charge is 0.255 e. The van der Waals surface area contributed by atoms with Crippen LogP contribution in [-0.2, 0) is 12.8 Å². The summed E-state index contributed by atoms with van der Waals surface area (Å²) in [7, 11) is 1.74. The maximum atomic E-state index is 13.6. The first kappa shape index (κ1) is 17.6. The number of aromatic amines is 1. The van der Waals surface area contributed by atoms with Gasteiger partial charge in [0.05, 0.1) is 17.6 Å². The van der Waals surface area contributed by atoms with Gasteiger partial charge in [0.2, 0.25) is 0 Å². The highest BCUT2D eigenvalue weighted by Gasteiger charge is 2.21. The SMILES string of the molecule is CN(CCOc1ccccc1F)C(=O)c1cccc2c3c([nH]c12)CCCC3. The molecule has 3 aromatic rings. The number of aromatic nitrogens is 1. The Morgan fingerprint density at radius 2 is 1.96 bits per heavy atom. The summed E-state index contributed by atoms with van der Waals surface area (Å²) in [6.45, 7) is 0.615. The van der Waals surface area contributed by atoms with Gasteiger partial charge in [0.1, 0.15) is 6.61 Å². The van der Waals surface area contributed by atoms with Crippen molar-refractivity contribution in [2.75, 3.05) is 20.2 Å². The van der Waals surface area contributed by atoms with Gasteiger partial charge < -0.3 is 14.6 Å². The molecule has 0 saturated heterocycles. The van der Waals surface area contributed by atoms with E-state index in [0.717, 1.165) is 23.7 Å². The molecule has 0 unspecified atom stereocenters. The molecule has 1 aliphatic rings. The van der Waals surface area contributed by atoms with Gasteiger partial charge in [-0.3, -0.25) is 4.79 Å². The second-order valence-electron chi connectivity index (χ2n) is 7.02. The summed E-state index contributed by atoms with van der Waals surface area (Å²) in [4.78, 5) is 18.1. The second kappa shape index (κ2) is 7.43. The van der Waals surface area contributed by atoms with Gasteiger partial charge in [-0.1, -0.05) is 24.3 Å². The molecule has 27 heavy (non-hydrogen) atoms. The van der Waals surface area contributed by atoms with Crippen LogP contribution in [0.25, 0.3) is 10.9 Å². The Morgan fingerprint density at radius 3 is 2.81 bits per heavy atom. The minimum Gasteiger partial charge on any atom is -0.489 e. The fraction of sp³-hybridized carbons (Fsp3) is 0.318. The predicted molar refractivity (Wildman–Crippen MR) is 104 cm³/mol. The predicted octanol–water partition coefficient (Wildman–Crippen LogP) is 4.34. The maximum absolute atomic E-state index is 13.6. The average molecular weight is 366 g/mol. The van der Waals surface area contributed by atoms with Gasteiger partial charge >= 0.3 is 0 Å². The largest absolute Gasteiger partial charge is 0.489 e. The zero-order chi connectivity index (χ0) is 18.8. The minimum atomic E-state index is -0.395. The standard InChI is InChI=1S/C22H23FN2O2/c1-25(13-14-27-20-12-5-3-10-18(20)23)22(26)17-9-6-8-16-15-7-2-4-11-19(15)24-21(16)17/h3,5-6,8-10,12,24H,2,4,7,11,13-14H2,1H3. The van der Waals surface area contributed by atoms with Crippen molar-refractivity contribution in [2.24, 2.45) is 0 Å². The molecule has 4 rings (SSSR count). The molecule has 5 heteroatoms. The van der Waals surface area contributed by atoms with Crippen molar-refractivity contribution in [1.82, 2.24) is 9.88 Å². The van der Waals surface area contributed by atoms with Gasteiger partial charge in [0.15, 0.2) is 11.6 Å². The monoisotopic (exact) mass is 366 g/mol. The van der Waals surface area contributed by atoms with Crippen molar-refractivity contribution in [1.29, 1.82) is 0 Å². The first-order chi connectivity index (χ1) is 13.1. The van der Waals surface area contributed by atoms with Crippen LogP contribution in [0.2, 0.25) is 0 Å². The lowest BCUT2D eigenvalue weighted by molar-refractivity contribution is 0.0774. The first-order valence-corrected chi connectivity index (χ1v) is 9.40. The molecule has 1 N–H and O–H groups in total. The molecule has 1 heterocycles. The number of amides is 1. The zero-order valence-electron chi connectivity index (χ0n) is 15.4. The number of carbonyl (C=O) groups is 1. The molecule has 2 aromatic carbocycles. The van der Waals surface area contributed by atoms with Gasteiger partial charge in [0.25, 0.3) is 5.91 Å². The number of nitrogens with one attached hydrogen (secondary N) is 1. The summed E-state index contributed by atoms with van der Waals surface area (Å²) in [5, 5.41) is 1.16. The van der Waals surface area contributed by atoms with Crippen molar-refractivity contribution in [3.63, 3.8) is 0 Å². The number of ether oxygens (including phenoxy) is 1. The molecule has 4 nitrogen and oxygen atoms in total.